The van der Waals surface area contributed by atoms with Gasteiger partial charge in [0.1, 0.15) is 33.3 Å². The van der Waals surface area contributed by atoms with E-state index in [-0.39, 0.29) is 32.2 Å². The van der Waals surface area contributed by atoms with Crippen molar-refractivity contribution in [2.45, 2.75) is 46.7 Å². The van der Waals surface area contributed by atoms with Gasteiger partial charge in [-0.1, -0.05) is 0 Å². The smallest absolute Gasteiger partial charge is 0.309 e. The number of hydrogen-bond donors (Lipinski definition) is 2. The monoisotopic (exact) mass is 532 g/mol. The van der Waals surface area contributed by atoms with Crippen LogP contribution in [0.5, 0.6) is 0 Å². The van der Waals surface area contributed by atoms with Crippen LogP contribution in [0.2, 0.25) is 0 Å². The molecule has 1 unspecified atom stereocenters. The van der Waals surface area contributed by atoms with E-state index in [0.717, 1.165) is 22.2 Å². The minimum Gasteiger partial charge on any atom is -0.365 e. The largest absolute Gasteiger partial charge is 0.365 e. The van der Waals surface area contributed by atoms with Crippen molar-refractivity contribution in [3.8, 4) is 11.1 Å². The molecule has 37 heavy (non-hydrogen) atoms. The number of halogens is 2. The first kappa shape index (κ1) is 25.8. The Morgan fingerprint density at radius 2 is 1.92 bits per heavy atom. The van der Waals surface area contributed by atoms with E-state index in [2.05, 4.69) is 20.5 Å². The number of pyridine rings is 1. The van der Waals surface area contributed by atoms with E-state index >= 15 is 0 Å². The molecule has 15 heteroatoms. The fourth-order valence-electron chi connectivity index (χ4n) is 3.88. The van der Waals surface area contributed by atoms with Gasteiger partial charge in [-0.05, 0) is 39.3 Å². The number of hydrogen-bond acceptors (Lipinski definition) is 8. The number of anilines is 1. The van der Waals surface area contributed by atoms with E-state index in [1.807, 2.05) is 6.92 Å². The standard InChI is InChI=1S/C22H22F2N8O4S/c1-5-30-7-13(9(2)28-30)12-6-14(19(23)24)26-22-16(12)17(18(37-22)20(25)33)27-21(34)11(4)31-8-15(32(35)36)10(3)29-31/h6-8,11,19H,5H2,1-4H3,(H2,25,33)(H,27,34). The van der Waals surface area contributed by atoms with Crippen LogP contribution < -0.4 is 11.1 Å². The number of rotatable bonds is 8. The van der Waals surface area contributed by atoms with Crippen LogP contribution in [0.4, 0.5) is 20.2 Å². The summed E-state index contributed by atoms with van der Waals surface area (Å²) < 4.78 is 30.2. The molecular formula is C22H22F2N8O4S. The maximum absolute atomic E-state index is 13.7. The number of carbonyl (C=O) groups excluding carboxylic acids is 2. The van der Waals surface area contributed by atoms with E-state index in [9.17, 15) is 28.5 Å². The third kappa shape index (κ3) is 4.64. The average molecular weight is 533 g/mol. The molecule has 4 aromatic rings. The van der Waals surface area contributed by atoms with Crippen molar-refractivity contribution in [3.63, 3.8) is 0 Å². The third-order valence-electron chi connectivity index (χ3n) is 5.80. The molecule has 0 fully saturated rings. The Bertz CT molecular complexity index is 1560. The number of fused-ring (bicyclic) bond motifs is 1. The van der Waals surface area contributed by atoms with Gasteiger partial charge in [-0.25, -0.2) is 13.8 Å². The summed E-state index contributed by atoms with van der Waals surface area (Å²) in [5, 5.41) is 22.5. The van der Waals surface area contributed by atoms with Crippen LogP contribution in [-0.2, 0) is 11.3 Å². The summed E-state index contributed by atoms with van der Waals surface area (Å²) >= 11 is 0.778. The van der Waals surface area contributed by atoms with Gasteiger partial charge in [-0.3, -0.25) is 29.1 Å². The first-order valence-corrected chi connectivity index (χ1v) is 11.8. The van der Waals surface area contributed by atoms with Crippen LogP contribution in [0.3, 0.4) is 0 Å². The average Bonchev–Trinajstić information content (AvgIpc) is 3.52. The molecule has 0 saturated carbocycles. The van der Waals surface area contributed by atoms with E-state index < -0.39 is 34.9 Å². The zero-order valence-electron chi connectivity index (χ0n) is 20.2. The van der Waals surface area contributed by atoms with Crippen LogP contribution in [0, 0.1) is 24.0 Å². The van der Waals surface area contributed by atoms with Gasteiger partial charge in [0.2, 0.25) is 5.91 Å². The number of nitro groups is 1. The van der Waals surface area contributed by atoms with Crippen molar-refractivity contribution in [1.82, 2.24) is 24.5 Å². The molecule has 4 rings (SSSR count). The fraction of sp³-hybridized carbons (Fsp3) is 0.318. The number of primary amides is 1. The Labute approximate surface area is 212 Å². The summed E-state index contributed by atoms with van der Waals surface area (Å²) in [5.41, 5.74) is 6.31. The van der Waals surface area contributed by atoms with Gasteiger partial charge in [0, 0.05) is 23.7 Å². The summed E-state index contributed by atoms with van der Waals surface area (Å²) in [7, 11) is 0. The summed E-state index contributed by atoms with van der Waals surface area (Å²) in [6.45, 7) is 7.02. The highest BCUT2D eigenvalue weighted by Crippen LogP contribution is 2.43. The second-order valence-electron chi connectivity index (χ2n) is 8.23. The molecule has 0 saturated heterocycles. The zero-order chi connectivity index (χ0) is 27.2. The molecule has 0 spiro atoms. The number of nitrogens with one attached hydrogen (secondary N) is 1. The highest BCUT2D eigenvalue weighted by Gasteiger charge is 2.28. The van der Waals surface area contributed by atoms with Crippen molar-refractivity contribution in [1.29, 1.82) is 0 Å². The topological polar surface area (TPSA) is 164 Å². The Morgan fingerprint density at radius 1 is 1.22 bits per heavy atom. The van der Waals surface area contributed by atoms with Crippen molar-refractivity contribution >= 4 is 44.7 Å². The number of alkyl halides is 2. The second-order valence-corrected chi connectivity index (χ2v) is 9.23. The number of nitrogens with two attached hydrogens (primary N) is 1. The minimum absolute atomic E-state index is 0.00897. The second kappa shape index (κ2) is 9.65. The van der Waals surface area contributed by atoms with Crippen LogP contribution in [0.15, 0.2) is 18.5 Å². The highest BCUT2D eigenvalue weighted by atomic mass is 32.1. The lowest BCUT2D eigenvalue weighted by Crippen LogP contribution is -2.25. The Morgan fingerprint density at radius 3 is 2.46 bits per heavy atom. The van der Waals surface area contributed by atoms with E-state index in [1.54, 1.807) is 17.8 Å². The maximum Gasteiger partial charge on any atom is 0.309 e. The third-order valence-corrected chi connectivity index (χ3v) is 6.90. The summed E-state index contributed by atoms with van der Waals surface area (Å²) in [6.07, 6.45) is -0.0772. The zero-order valence-corrected chi connectivity index (χ0v) is 21.0. The first-order valence-electron chi connectivity index (χ1n) is 11.0. The number of amides is 2. The van der Waals surface area contributed by atoms with Gasteiger partial charge in [-0.15, -0.1) is 11.3 Å². The number of nitrogens with zero attached hydrogens (tertiary/aromatic N) is 6. The van der Waals surface area contributed by atoms with Crippen LogP contribution in [-0.4, -0.2) is 41.3 Å². The molecule has 4 aromatic heterocycles. The molecule has 0 aromatic carbocycles. The van der Waals surface area contributed by atoms with Crippen molar-refractivity contribution in [2.75, 3.05) is 5.32 Å². The highest BCUT2D eigenvalue weighted by molar-refractivity contribution is 7.21. The van der Waals surface area contributed by atoms with Crippen LogP contribution >= 0.6 is 11.3 Å². The number of aryl methyl sites for hydroxylation is 3. The van der Waals surface area contributed by atoms with Crippen molar-refractivity contribution in [3.05, 3.63) is 50.5 Å². The predicted octanol–water partition coefficient (Wildman–Crippen LogP) is 4.14. The minimum atomic E-state index is -2.89. The summed E-state index contributed by atoms with van der Waals surface area (Å²) in [4.78, 5) is 40.1. The van der Waals surface area contributed by atoms with Gasteiger partial charge >= 0.3 is 5.69 Å². The predicted molar refractivity (Wildman–Crippen MR) is 132 cm³/mol. The normalized spacial score (nSPS) is 12.3. The Balaban J connectivity index is 1.89. The van der Waals surface area contributed by atoms with Gasteiger partial charge in [0.05, 0.1) is 16.3 Å². The molecule has 194 valence electrons. The van der Waals surface area contributed by atoms with E-state index in [4.69, 9.17) is 5.73 Å². The van der Waals surface area contributed by atoms with Crippen LogP contribution in [0.25, 0.3) is 21.3 Å². The molecule has 0 aliphatic rings. The van der Waals surface area contributed by atoms with E-state index in [1.165, 1.54) is 19.9 Å². The SMILES string of the molecule is CCn1cc(-c2cc(C(F)F)nc3sc(C(N)=O)c(NC(=O)C(C)n4cc([N+](=O)[O-])c(C)n4)c23)c(C)n1. The van der Waals surface area contributed by atoms with Gasteiger partial charge in [0.15, 0.2) is 0 Å². The molecule has 2 amide bonds. The number of thiophene rings is 1. The lowest BCUT2D eigenvalue weighted by atomic mass is 10.0. The molecule has 0 aliphatic heterocycles. The fourth-order valence-corrected chi connectivity index (χ4v) is 4.89. The maximum atomic E-state index is 13.7. The molecule has 1 atom stereocenters. The Hall–Kier alpha value is -4.27. The lowest BCUT2D eigenvalue weighted by molar-refractivity contribution is -0.385. The van der Waals surface area contributed by atoms with Crippen molar-refractivity contribution in [2.24, 2.45) is 5.73 Å². The van der Waals surface area contributed by atoms with Gasteiger partial charge < -0.3 is 11.1 Å². The summed E-state index contributed by atoms with van der Waals surface area (Å²) in [6, 6.07) is 0.178. The molecule has 4 heterocycles. The van der Waals surface area contributed by atoms with Gasteiger partial charge in [0.25, 0.3) is 12.3 Å². The quantitative estimate of drug-likeness (QED) is 0.254. The molecule has 12 nitrogen and oxygen atoms in total. The summed E-state index contributed by atoms with van der Waals surface area (Å²) in [5.74, 6) is -1.55. The number of aromatic nitrogens is 5. The number of carbonyl (C=O) groups is 2. The van der Waals surface area contributed by atoms with E-state index in [0.29, 0.717) is 23.4 Å². The Kier molecular flexibility index (Phi) is 6.73. The first-order chi connectivity index (χ1) is 17.4. The van der Waals surface area contributed by atoms with Crippen LogP contribution in [0.1, 0.15) is 53.1 Å². The molecule has 0 bridgehead atoms. The molecule has 0 aliphatic carbocycles. The lowest BCUT2D eigenvalue weighted by Gasteiger charge is -2.14. The molecular weight excluding hydrogens is 510 g/mol. The van der Waals surface area contributed by atoms with Crippen molar-refractivity contribution < 1.29 is 23.3 Å². The molecule has 0 radical (unpaired) electrons. The van der Waals surface area contributed by atoms with Gasteiger partial charge in [-0.2, -0.15) is 10.2 Å². The molecule has 3 N–H and O–H groups in total.